The van der Waals surface area contributed by atoms with Gasteiger partial charge in [-0.25, -0.2) is 0 Å². The normalized spacial score (nSPS) is 10.6. The molecule has 0 atom stereocenters. The zero-order valence-corrected chi connectivity index (χ0v) is 15.5. The fourth-order valence-electron chi connectivity index (χ4n) is 2.47. The Morgan fingerprint density at radius 1 is 1.00 bits per heavy atom. The van der Waals surface area contributed by atoms with Crippen molar-refractivity contribution in [3.05, 3.63) is 57.2 Å². The minimum Gasteiger partial charge on any atom is -0.454 e. The molecule has 0 N–H and O–H groups in total. The van der Waals surface area contributed by atoms with Gasteiger partial charge in [0, 0.05) is 31.5 Å². The number of benzene rings is 2. The Kier molecular flexibility index (Phi) is 4.90. The van der Waals surface area contributed by atoms with Crippen LogP contribution in [0.3, 0.4) is 0 Å². The lowest BCUT2D eigenvalue weighted by atomic mass is 10.1. The van der Waals surface area contributed by atoms with Gasteiger partial charge in [-0.15, -0.1) is 0 Å². The van der Waals surface area contributed by atoms with E-state index in [0.29, 0.717) is 11.3 Å². The van der Waals surface area contributed by atoms with Crippen LogP contribution in [0.2, 0.25) is 0 Å². The van der Waals surface area contributed by atoms with Gasteiger partial charge < -0.3 is 13.9 Å². The second-order valence-corrected chi connectivity index (χ2v) is 6.22. The van der Waals surface area contributed by atoms with Gasteiger partial charge in [-0.05, 0) is 15.9 Å². The van der Waals surface area contributed by atoms with Crippen molar-refractivity contribution in [1.29, 1.82) is 0 Å². The Labute approximate surface area is 156 Å². The molecule has 0 radical (unpaired) electrons. The highest BCUT2D eigenvalue weighted by molar-refractivity contribution is 9.10. The molecular formula is C19H13BrO6. The topological polar surface area (TPSA) is 82.8 Å². The summed E-state index contributed by atoms with van der Waals surface area (Å²) < 4.78 is 16.2. The van der Waals surface area contributed by atoms with E-state index in [4.69, 9.17) is 13.9 Å². The van der Waals surface area contributed by atoms with Crippen LogP contribution in [0.15, 0.2) is 56.1 Å². The van der Waals surface area contributed by atoms with E-state index in [2.05, 4.69) is 15.9 Å². The summed E-state index contributed by atoms with van der Waals surface area (Å²) in [4.78, 5) is 35.5. The molecule has 1 aromatic heterocycles. The first-order valence-electron chi connectivity index (χ1n) is 7.59. The average Bonchev–Trinajstić information content (AvgIpc) is 2.57. The maximum Gasteiger partial charge on any atom is 0.308 e. The zero-order valence-electron chi connectivity index (χ0n) is 13.9. The van der Waals surface area contributed by atoms with Gasteiger partial charge >= 0.3 is 11.9 Å². The highest BCUT2D eigenvalue weighted by atomic mass is 79.9. The predicted octanol–water partition coefficient (Wildman–Crippen LogP) is 4.07. The molecule has 3 aromatic rings. The van der Waals surface area contributed by atoms with Crippen LogP contribution in [-0.4, -0.2) is 11.9 Å². The SMILES string of the molecule is CC(=O)Oc1cc(OC(C)=O)c2c(=O)c(Br)c(-c3ccccc3)oc2c1. The number of esters is 2. The molecule has 132 valence electrons. The second kappa shape index (κ2) is 7.13. The number of rotatable bonds is 3. The van der Waals surface area contributed by atoms with E-state index in [-0.39, 0.29) is 26.9 Å². The van der Waals surface area contributed by atoms with Crippen molar-refractivity contribution < 1.29 is 23.5 Å². The molecule has 0 unspecified atom stereocenters. The third-order valence-electron chi connectivity index (χ3n) is 3.43. The fourth-order valence-corrected chi connectivity index (χ4v) is 2.98. The number of carbonyl (C=O) groups is 2. The molecule has 0 saturated heterocycles. The Hall–Kier alpha value is -2.93. The molecule has 0 aliphatic heterocycles. The number of hydrogen-bond donors (Lipinski definition) is 0. The van der Waals surface area contributed by atoms with Crippen molar-refractivity contribution in [2.75, 3.05) is 0 Å². The van der Waals surface area contributed by atoms with Crippen LogP contribution in [0.5, 0.6) is 11.5 Å². The van der Waals surface area contributed by atoms with E-state index < -0.39 is 17.4 Å². The second-order valence-electron chi connectivity index (χ2n) is 5.42. The minimum absolute atomic E-state index is 0.0414. The van der Waals surface area contributed by atoms with Crippen molar-refractivity contribution in [1.82, 2.24) is 0 Å². The quantitative estimate of drug-likeness (QED) is 0.472. The van der Waals surface area contributed by atoms with Gasteiger partial charge in [-0.1, -0.05) is 30.3 Å². The number of hydrogen-bond acceptors (Lipinski definition) is 6. The number of fused-ring (bicyclic) bond motifs is 1. The predicted molar refractivity (Wildman–Crippen MR) is 98.2 cm³/mol. The van der Waals surface area contributed by atoms with Crippen LogP contribution in [0.4, 0.5) is 0 Å². The Morgan fingerprint density at radius 2 is 1.65 bits per heavy atom. The molecule has 3 rings (SSSR count). The summed E-state index contributed by atoms with van der Waals surface area (Å²) in [6, 6.07) is 11.8. The lowest BCUT2D eigenvalue weighted by molar-refractivity contribution is -0.132. The first-order valence-corrected chi connectivity index (χ1v) is 8.38. The maximum absolute atomic E-state index is 12.9. The molecule has 7 heteroatoms. The molecule has 0 aliphatic rings. The molecule has 0 spiro atoms. The fraction of sp³-hybridized carbons (Fsp3) is 0.105. The van der Waals surface area contributed by atoms with E-state index in [9.17, 15) is 14.4 Å². The van der Waals surface area contributed by atoms with Crippen LogP contribution in [-0.2, 0) is 9.59 Å². The van der Waals surface area contributed by atoms with E-state index >= 15 is 0 Å². The van der Waals surface area contributed by atoms with Gasteiger partial charge in [-0.3, -0.25) is 14.4 Å². The summed E-state index contributed by atoms with van der Waals surface area (Å²) in [5.74, 6) is -0.794. The molecule has 2 aromatic carbocycles. The van der Waals surface area contributed by atoms with Crippen LogP contribution >= 0.6 is 15.9 Å². The third kappa shape index (κ3) is 3.52. The molecular weight excluding hydrogens is 404 g/mol. The van der Waals surface area contributed by atoms with Crippen LogP contribution in [0, 0.1) is 0 Å². The molecule has 0 amide bonds. The van der Waals surface area contributed by atoms with Gasteiger partial charge in [-0.2, -0.15) is 0 Å². The number of ether oxygens (including phenoxy) is 2. The van der Waals surface area contributed by atoms with E-state index in [1.807, 2.05) is 18.2 Å². The smallest absolute Gasteiger partial charge is 0.308 e. The molecule has 0 bridgehead atoms. The van der Waals surface area contributed by atoms with Crippen molar-refractivity contribution in [2.45, 2.75) is 13.8 Å². The highest BCUT2D eigenvalue weighted by Gasteiger charge is 2.20. The summed E-state index contributed by atoms with van der Waals surface area (Å²) in [5.41, 5.74) is 0.410. The summed E-state index contributed by atoms with van der Waals surface area (Å²) in [6.45, 7) is 2.45. The first kappa shape index (κ1) is 17.9. The standard InChI is InChI=1S/C19H13BrO6/c1-10(21)24-13-8-14(25-11(2)22)16-15(9-13)26-19(17(20)18(16)23)12-6-4-3-5-7-12/h3-9H,1-2H3. The maximum atomic E-state index is 12.9. The minimum atomic E-state index is -0.617. The lowest BCUT2D eigenvalue weighted by Crippen LogP contribution is -2.10. The van der Waals surface area contributed by atoms with Crippen LogP contribution in [0.1, 0.15) is 13.8 Å². The molecule has 0 aliphatic carbocycles. The summed E-state index contributed by atoms with van der Waals surface area (Å²) >= 11 is 3.27. The number of carbonyl (C=O) groups excluding carboxylic acids is 2. The molecule has 1 heterocycles. The average molecular weight is 417 g/mol. The van der Waals surface area contributed by atoms with Crippen molar-refractivity contribution in [3.63, 3.8) is 0 Å². The molecule has 0 saturated carbocycles. The van der Waals surface area contributed by atoms with Crippen molar-refractivity contribution in [2.24, 2.45) is 0 Å². The Bertz CT molecular complexity index is 1070. The van der Waals surface area contributed by atoms with Gasteiger partial charge in [0.2, 0.25) is 5.43 Å². The largest absolute Gasteiger partial charge is 0.454 e. The Balaban J connectivity index is 2.33. The van der Waals surface area contributed by atoms with E-state index in [0.717, 1.165) is 0 Å². The van der Waals surface area contributed by atoms with E-state index in [1.165, 1.54) is 26.0 Å². The third-order valence-corrected chi connectivity index (χ3v) is 4.15. The number of halogens is 1. The van der Waals surface area contributed by atoms with Crippen molar-refractivity contribution >= 4 is 38.8 Å². The van der Waals surface area contributed by atoms with Crippen LogP contribution < -0.4 is 14.9 Å². The molecule has 0 fully saturated rings. The highest BCUT2D eigenvalue weighted by Crippen LogP contribution is 2.35. The van der Waals surface area contributed by atoms with Gasteiger partial charge in [0.1, 0.15) is 26.9 Å². The Morgan fingerprint density at radius 3 is 2.27 bits per heavy atom. The van der Waals surface area contributed by atoms with E-state index in [1.54, 1.807) is 12.1 Å². The first-order chi connectivity index (χ1) is 12.4. The molecule has 26 heavy (non-hydrogen) atoms. The molecule has 6 nitrogen and oxygen atoms in total. The monoisotopic (exact) mass is 416 g/mol. The summed E-state index contributed by atoms with van der Waals surface area (Å²) in [7, 11) is 0. The zero-order chi connectivity index (χ0) is 18.8. The van der Waals surface area contributed by atoms with Gasteiger partial charge in [0.25, 0.3) is 0 Å². The summed E-state index contributed by atoms with van der Waals surface area (Å²) in [5, 5.41) is 0.0719. The van der Waals surface area contributed by atoms with Crippen LogP contribution in [0.25, 0.3) is 22.3 Å². The summed E-state index contributed by atoms with van der Waals surface area (Å²) in [6.07, 6.45) is 0. The van der Waals surface area contributed by atoms with Gasteiger partial charge in [0.15, 0.2) is 5.76 Å². The lowest BCUT2D eigenvalue weighted by Gasteiger charge is -2.11. The van der Waals surface area contributed by atoms with Gasteiger partial charge in [0.05, 0.1) is 0 Å². The van der Waals surface area contributed by atoms with Crippen molar-refractivity contribution in [3.8, 4) is 22.8 Å².